The van der Waals surface area contributed by atoms with Crippen molar-refractivity contribution in [1.82, 2.24) is 4.90 Å². The van der Waals surface area contributed by atoms with Crippen LogP contribution >= 0.6 is 0 Å². The Bertz CT molecular complexity index is 1300. The van der Waals surface area contributed by atoms with Gasteiger partial charge in [-0.2, -0.15) is 8.78 Å². The highest BCUT2D eigenvalue weighted by atomic mass is 19.2. The van der Waals surface area contributed by atoms with E-state index in [1.165, 1.54) is 4.90 Å². The number of hydrogen-bond donors (Lipinski definition) is 1. The number of ketones is 2. The first-order chi connectivity index (χ1) is 18.5. The van der Waals surface area contributed by atoms with Gasteiger partial charge >= 0.3 is 5.97 Å². The van der Waals surface area contributed by atoms with Crippen LogP contribution in [-0.2, 0) is 20.9 Å². The average molecular weight is 551 g/mol. The third-order valence-electron chi connectivity index (χ3n) is 7.03. The van der Waals surface area contributed by atoms with Gasteiger partial charge in [-0.3, -0.25) is 19.2 Å². The number of carbonyl (C=O) groups is 4. The van der Waals surface area contributed by atoms with E-state index in [2.05, 4.69) is 9.64 Å². The Morgan fingerprint density at radius 1 is 1.03 bits per heavy atom. The van der Waals surface area contributed by atoms with Crippen LogP contribution < -0.4 is 9.64 Å². The predicted octanol–water partition coefficient (Wildman–Crippen LogP) is 3.89. The monoisotopic (exact) mass is 550 g/mol. The first-order valence-corrected chi connectivity index (χ1v) is 12.5. The Morgan fingerprint density at radius 2 is 1.67 bits per heavy atom. The van der Waals surface area contributed by atoms with Gasteiger partial charge in [0.1, 0.15) is 6.61 Å². The molecule has 0 saturated carbocycles. The number of anilines is 1. The van der Waals surface area contributed by atoms with Crippen molar-refractivity contribution in [2.75, 3.05) is 24.6 Å². The summed E-state index contributed by atoms with van der Waals surface area (Å²) in [4.78, 5) is 54.5. The summed E-state index contributed by atoms with van der Waals surface area (Å²) >= 11 is 0. The molecule has 1 fully saturated rings. The minimum absolute atomic E-state index is 0.0406. The van der Waals surface area contributed by atoms with E-state index in [-0.39, 0.29) is 19.0 Å². The van der Waals surface area contributed by atoms with Crippen molar-refractivity contribution >= 4 is 29.1 Å². The normalized spacial score (nSPS) is 16.3. The maximum Gasteiger partial charge on any atom is 0.304 e. The predicted molar refractivity (Wildman–Crippen MR) is 129 cm³/mol. The number of aliphatic carboxylic acids is 1. The van der Waals surface area contributed by atoms with Crippen molar-refractivity contribution in [1.29, 1.82) is 0 Å². The van der Waals surface area contributed by atoms with Crippen LogP contribution in [0.25, 0.3) is 0 Å². The van der Waals surface area contributed by atoms with Crippen LogP contribution in [0.3, 0.4) is 0 Å². The highest BCUT2D eigenvalue weighted by Crippen LogP contribution is 2.32. The van der Waals surface area contributed by atoms with Crippen LogP contribution in [0, 0.1) is 29.2 Å². The Hall–Kier alpha value is -3.96. The minimum Gasteiger partial charge on any atom is -0.481 e. The van der Waals surface area contributed by atoms with Gasteiger partial charge in [0.15, 0.2) is 29.0 Å². The molecule has 0 unspecified atom stereocenters. The number of rotatable bonds is 11. The summed E-state index contributed by atoms with van der Waals surface area (Å²) in [6.07, 6.45) is 1.16. The van der Waals surface area contributed by atoms with Gasteiger partial charge in [-0.1, -0.05) is 13.0 Å². The molecule has 0 aliphatic carbocycles. The zero-order valence-electron chi connectivity index (χ0n) is 21.0. The van der Waals surface area contributed by atoms with Gasteiger partial charge in [-0.25, -0.2) is 8.78 Å². The Balaban J connectivity index is 1.53. The fourth-order valence-electron chi connectivity index (χ4n) is 5.01. The highest BCUT2D eigenvalue weighted by molar-refractivity contribution is 6.09. The van der Waals surface area contributed by atoms with Gasteiger partial charge < -0.3 is 19.6 Å². The number of amides is 1. The smallest absolute Gasteiger partial charge is 0.304 e. The summed E-state index contributed by atoms with van der Waals surface area (Å²) in [6, 6.07) is 4.24. The lowest BCUT2D eigenvalue weighted by molar-refractivity contribution is -0.146. The van der Waals surface area contributed by atoms with E-state index in [9.17, 15) is 41.8 Å². The molecule has 4 rings (SSSR count). The molecule has 8 nitrogen and oxygen atoms in total. The molecule has 0 spiro atoms. The second-order valence-electron chi connectivity index (χ2n) is 9.50. The molecule has 39 heavy (non-hydrogen) atoms. The van der Waals surface area contributed by atoms with Crippen molar-refractivity contribution in [3.05, 3.63) is 58.7 Å². The third-order valence-corrected chi connectivity index (χ3v) is 7.03. The molecule has 0 radical (unpaired) electrons. The lowest BCUT2D eigenvalue weighted by atomic mass is 9.89. The fraction of sp³-hybridized carbons (Fsp3) is 0.407. The number of benzene rings is 2. The second-order valence-corrected chi connectivity index (χ2v) is 9.50. The standard InChI is InChI=1S/C27H26F4N2O6/c1-2-20(33-12-14-5-6-15(9-16(14)27(33)38)32-7-3-4-8-32)25(37)17(10-22(35)36)21(34)13-39-26-23(30)18(28)11-19(29)24(26)31/h5-6,9,11,17,20H,2-4,7-8,10,12-13H2,1H3,(H,35,36)/t17-,20+/m1/s1. The maximum absolute atomic E-state index is 13.9. The number of carboxylic acid groups (broad SMARTS) is 1. The molecular weight excluding hydrogens is 524 g/mol. The van der Waals surface area contributed by atoms with Gasteiger partial charge in [0, 0.05) is 37.0 Å². The number of halogens is 4. The van der Waals surface area contributed by atoms with Crippen molar-refractivity contribution in [3.63, 3.8) is 0 Å². The summed E-state index contributed by atoms with van der Waals surface area (Å²) in [5.41, 5.74) is 1.97. The van der Waals surface area contributed by atoms with Crippen LogP contribution in [0.4, 0.5) is 23.2 Å². The number of hydrogen-bond acceptors (Lipinski definition) is 6. The topological polar surface area (TPSA) is 104 Å². The van der Waals surface area contributed by atoms with Crippen LogP contribution in [0.15, 0.2) is 24.3 Å². The van der Waals surface area contributed by atoms with E-state index in [4.69, 9.17) is 0 Å². The highest BCUT2D eigenvalue weighted by Gasteiger charge is 2.41. The van der Waals surface area contributed by atoms with Crippen LogP contribution in [-0.4, -0.2) is 59.2 Å². The van der Waals surface area contributed by atoms with Gasteiger partial charge in [-0.05, 0) is 37.0 Å². The molecule has 2 aliphatic heterocycles. The SMILES string of the molecule is CC[C@@H](C(=O)[C@H](CC(=O)O)C(=O)COc1c(F)c(F)cc(F)c1F)N1Cc2ccc(N3CCCC3)cc2C1=O. The molecule has 2 atom stereocenters. The maximum atomic E-state index is 13.9. The lowest BCUT2D eigenvalue weighted by Crippen LogP contribution is -2.46. The van der Waals surface area contributed by atoms with Crippen molar-refractivity contribution in [3.8, 4) is 5.75 Å². The zero-order valence-corrected chi connectivity index (χ0v) is 21.0. The Kier molecular flexibility index (Phi) is 8.22. The summed E-state index contributed by atoms with van der Waals surface area (Å²) in [5.74, 6) is -14.7. The van der Waals surface area contributed by atoms with Crippen molar-refractivity contribution < 1.29 is 46.6 Å². The van der Waals surface area contributed by atoms with Gasteiger partial charge in [-0.15, -0.1) is 0 Å². The minimum atomic E-state index is -1.89. The first-order valence-electron chi connectivity index (χ1n) is 12.5. The van der Waals surface area contributed by atoms with Gasteiger partial charge in [0.2, 0.25) is 11.6 Å². The number of fused-ring (bicyclic) bond motifs is 1. The van der Waals surface area contributed by atoms with E-state index < -0.39 is 77.4 Å². The molecule has 0 bridgehead atoms. The summed E-state index contributed by atoms with van der Waals surface area (Å²) in [5, 5.41) is 9.33. The third kappa shape index (κ3) is 5.59. The summed E-state index contributed by atoms with van der Waals surface area (Å²) < 4.78 is 59.5. The van der Waals surface area contributed by atoms with E-state index in [0.29, 0.717) is 11.1 Å². The quantitative estimate of drug-likeness (QED) is 0.257. The average Bonchev–Trinajstić information content (AvgIpc) is 3.55. The summed E-state index contributed by atoms with van der Waals surface area (Å²) in [6.45, 7) is 2.16. The first kappa shape index (κ1) is 28.1. The van der Waals surface area contributed by atoms with E-state index in [0.717, 1.165) is 31.6 Å². The molecule has 2 aliphatic rings. The molecular formula is C27H26F4N2O6. The van der Waals surface area contributed by atoms with Crippen LogP contribution in [0.2, 0.25) is 0 Å². The van der Waals surface area contributed by atoms with Crippen LogP contribution in [0.1, 0.15) is 48.5 Å². The second kappa shape index (κ2) is 11.4. The zero-order chi connectivity index (χ0) is 28.4. The molecule has 2 heterocycles. The molecule has 12 heteroatoms. The Morgan fingerprint density at radius 3 is 2.26 bits per heavy atom. The van der Waals surface area contributed by atoms with E-state index in [1.54, 1.807) is 19.1 Å². The Labute approximate surface area is 221 Å². The molecule has 2 aromatic rings. The van der Waals surface area contributed by atoms with Gasteiger partial charge in [0.25, 0.3) is 5.91 Å². The molecule has 1 amide bonds. The largest absolute Gasteiger partial charge is 0.481 e. The van der Waals surface area contributed by atoms with Gasteiger partial charge in [0.05, 0.1) is 18.4 Å². The number of carboxylic acids is 1. The number of Topliss-reactive ketones (excluding diaryl/α,β-unsaturated/α-hetero) is 2. The van der Waals surface area contributed by atoms with Crippen molar-refractivity contribution in [2.24, 2.45) is 5.92 Å². The molecule has 2 aromatic carbocycles. The molecule has 208 valence electrons. The number of ether oxygens (including phenoxy) is 1. The number of carbonyl (C=O) groups excluding carboxylic acids is 3. The molecule has 1 saturated heterocycles. The van der Waals surface area contributed by atoms with E-state index in [1.807, 2.05) is 6.07 Å². The van der Waals surface area contributed by atoms with E-state index >= 15 is 0 Å². The fourth-order valence-corrected chi connectivity index (χ4v) is 5.01. The molecule has 0 aromatic heterocycles. The number of nitrogens with zero attached hydrogens (tertiary/aromatic N) is 2. The summed E-state index contributed by atoms with van der Waals surface area (Å²) in [7, 11) is 0. The van der Waals surface area contributed by atoms with Crippen molar-refractivity contribution in [2.45, 2.75) is 45.2 Å². The molecule has 1 N–H and O–H groups in total. The van der Waals surface area contributed by atoms with Crippen LogP contribution in [0.5, 0.6) is 5.75 Å². The lowest BCUT2D eigenvalue weighted by Gasteiger charge is -2.28.